The predicted octanol–water partition coefficient (Wildman–Crippen LogP) is 0.428. The zero-order chi connectivity index (χ0) is 17.4. The molecule has 8 nitrogen and oxygen atoms in total. The van der Waals surface area contributed by atoms with Gasteiger partial charge in [-0.1, -0.05) is 30.3 Å². The van der Waals surface area contributed by atoms with Crippen LogP contribution in [0.3, 0.4) is 0 Å². The molecule has 1 N–H and O–H groups in total. The Labute approximate surface area is 143 Å². The number of nitrogens with one attached hydrogen (secondary N) is 1. The zero-order valence-electron chi connectivity index (χ0n) is 13.8. The van der Waals surface area contributed by atoms with E-state index >= 15 is 0 Å². The molecule has 3 aliphatic heterocycles. The highest BCUT2D eigenvalue weighted by atomic mass is 16.2. The number of hydrogen-bond acceptors (Lipinski definition) is 6. The molecule has 8 heteroatoms. The van der Waals surface area contributed by atoms with Crippen molar-refractivity contribution >= 4 is 0 Å². The molecule has 0 atom stereocenters. The highest BCUT2D eigenvalue weighted by molar-refractivity contribution is 5.59. The van der Waals surface area contributed by atoms with Crippen molar-refractivity contribution in [1.82, 2.24) is 29.6 Å². The van der Waals surface area contributed by atoms with Gasteiger partial charge in [0, 0.05) is 12.6 Å². The molecular weight excluding hydrogens is 320 g/mol. The molecule has 4 rings (SSSR count). The largest absolute Gasteiger partial charge is 0.352 e. The molecule has 0 unspecified atom stereocenters. The summed E-state index contributed by atoms with van der Waals surface area (Å²) in [5, 5.41) is 7.94. The van der Waals surface area contributed by atoms with Gasteiger partial charge in [-0.15, -0.1) is 0 Å². The smallest absolute Gasteiger partial charge is 0.317 e. The minimum atomic E-state index is -0.587. The molecule has 1 saturated heterocycles. The van der Waals surface area contributed by atoms with Crippen LogP contribution in [0.15, 0.2) is 39.9 Å². The normalized spacial score (nSPS) is 15.6. The molecule has 3 heterocycles. The molecule has 3 aliphatic rings. The first kappa shape index (κ1) is 15.6. The SMILES string of the molecule is Cn1c(=O)nc2n(C3CCNCC3)nc(-c3ccccc3)nc-2c1=O. The van der Waals surface area contributed by atoms with Crippen molar-refractivity contribution in [2.24, 2.45) is 7.05 Å². The van der Waals surface area contributed by atoms with Crippen molar-refractivity contribution in [3.63, 3.8) is 0 Å². The average molecular weight is 338 g/mol. The summed E-state index contributed by atoms with van der Waals surface area (Å²) >= 11 is 0. The fourth-order valence-corrected chi connectivity index (χ4v) is 3.11. The van der Waals surface area contributed by atoms with Gasteiger partial charge in [-0.25, -0.2) is 14.5 Å². The Kier molecular flexibility index (Phi) is 3.89. The number of benzene rings is 1. The van der Waals surface area contributed by atoms with Gasteiger partial charge in [0.25, 0.3) is 5.56 Å². The quantitative estimate of drug-likeness (QED) is 0.728. The number of nitrogens with zero attached hydrogens (tertiary/aromatic N) is 5. The maximum absolute atomic E-state index is 12.6. The maximum atomic E-state index is 12.6. The van der Waals surface area contributed by atoms with Crippen LogP contribution in [0.5, 0.6) is 0 Å². The molecule has 1 aromatic carbocycles. The third kappa shape index (κ3) is 2.74. The summed E-state index contributed by atoms with van der Waals surface area (Å²) < 4.78 is 2.70. The lowest BCUT2D eigenvalue weighted by atomic mass is 10.1. The van der Waals surface area contributed by atoms with Crippen LogP contribution in [0.2, 0.25) is 0 Å². The Morgan fingerprint density at radius 1 is 1.08 bits per heavy atom. The molecule has 0 aromatic heterocycles. The second kappa shape index (κ2) is 6.21. The molecule has 1 aromatic rings. The van der Waals surface area contributed by atoms with E-state index in [-0.39, 0.29) is 17.6 Å². The summed E-state index contributed by atoms with van der Waals surface area (Å²) in [5.41, 5.74) is -0.0386. The fraction of sp³-hybridized carbons (Fsp3) is 0.353. The summed E-state index contributed by atoms with van der Waals surface area (Å²) in [5.74, 6) is 0.726. The highest BCUT2D eigenvalue weighted by Crippen LogP contribution is 2.25. The Hall–Kier alpha value is -2.87. The number of piperidine rings is 1. The molecule has 1 fully saturated rings. The first-order chi connectivity index (χ1) is 12.1. The summed E-state index contributed by atoms with van der Waals surface area (Å²) in [6.45, 7) is 1.72. The van der Waals surface area contributed by atoms with E-state index in [0.29, 0.717) is 5.82 Å². The van der Waals surface area contributed by atoms with E-state index in [9.17, 15) is 9.59 Å². The molecule has 25 heavy (non-hydrogen) atoms. The molecule has 0 aliphatic carbocycles. The van der Waals surface area contributed by atoms with Gasteiger partial charge in [0.05, 0.1) is 6.04 Å². The molecule has 0 radical (unpaired) electrons. The summed E-state index contributed by atoms with van der Waals surface area (Å²) in [6, 6.07) is 9.58. The van der Waals surface area contributed by atoms with Gasteiger partial charge in [-0.3, -0.25) is 9.36 Å². The van der Waals surface area contributed by atoms with Crippen molar-refractivity contribution in [2.45, 2.75) is 18.9 Å². The van der Waals surface area contributed by atoms with Gasteiger partial charge in [0.15, 0.2) is 17.3 Å². The molecular formula is C17H18N6O2. The average Bonchev–Trinajstić information content (AvgIpc) is 2.67. The minimum absolute atomic E-state index is 0.0771. The van der Waals surface area contributed by atoms with Crippen LogP contribution >= 0.6 is 0 Å². The van der Waals surface area contributed by atoms with Crippen molar-refractivity contribution in [1.29, 1.82) is 0 Å². The van der Waals surface area contributed by atoms with Crippen LogP contribution in [-0.4, -0.2) is 37.4 Å². The maximum Gasteiger partial charge on any atom is 0.352 e. The van der Waals surface area contributed by atoms with Crippen molar-refractivity contribution < 1.29 is 0 Å². The molecule has 0 amide bonds. The van der Waals surface area contributed by atoms with E-state index in [2.05, 4.69) is 20.4 Å². The third-order valence-corrected chi connectivity index (χ3v) is 4.53. The van der Waals surface area contributed by atoms with Gasteiger partial charge in [-0.2, -0.15) is 10.1 Å². The predicted molar refractivity (Wildman–Crippen MR) is 92.5 cm³/mol. The van der Waals surface area contributed by atoms with Gasteiger partial charge < -0.3 is 5.32 Å². The standard InChI is InChI=1S/C17H18N6O2/c1-22-16(24)13-15(20-17(22)25)23(12-7-9-18-10-8-12)21-14(19-13)11-5-3-2-4-6-11/h2-6,12,18H,7-10H2,1H3. The van der Waals surface area contributed by atoms with E-state index in [0.717, 1.165) is 36.1 Å². The summed E-state index contributed by atoms with van der Waals surface area (Å²) in [6.07, 6.45) is 1.71. The Morgan fingerprint density at radius 3 is 2.52 bits per heavy atom. The third-order valence-electron chi connectivity index (χ3n) is 4.53. The van der Waals surface area contributed by atoms with Crippen molar-refractivity contribution in [3.05, 3.63) is 51.2 Å². The number of fused-ring (bicyclic) bond motifs is 1. The lowest BCUT2D eigenvalue weighted by Gasteiger charge is -2.26. The highest BCUT2D eigenvalue weighted by Gasteiger charge is 2.26. The zero-order valence-corrected chi connectivity index (χ0v) is 13.8. The second-order valence-corrected chi connectivity index (χ2v) is 6.16. The van der Waals surface area contributed by atoms with Crippen LogP contribution in [0.1, 0.15) is 18.9 Å². The first-order valence-electron chi connectivity index (χ1n) is 8.29. The number of hydrogen-bond donors (Lipinski definition) is 1. The van der Waals surface area contributed by atoms with Crippen molar-refractivity contribution in [3.8, 4) is 22.9 Å². The van der Waals surface area contributed by atoms with E-state index < -0.39 is 11.2 Å². The molecule has 0 saturated carbocycles. The second-order valence-electron chi connectivity index (χ2n) is 6.16. The Morgan fingerprint density at radius 2 is 1.80 bits per heavy atom. The van der Waals surface area contributed by atoms with Crippen LogP contribution in [0.4, 0.5) is 0 Å². The van der Waals surface area contributed by atoms with Crippen LogP contribution in [0, 0.1) is 0 Å². The minimum Gasteiger partial charge on any atom is -0.317 e. The Balaban J connectivity index is 2.00. The first-order valence-corrected chi connectivity index (χ1v) is 8.29. The van der Waals surface area contributed by atoms with E-state index in [1.165, 1.54) is 7.05 Å². The van der Waals surface area contributed by atoms with E-state index in [1.54, 1.807) is 4.68 Å². The van der Waals surface area contributed by atoms with Crippen LogP contribution in [0.25, 0.3) is 22.9 Å². The van der Waals surface area contributed by atoms with Gasteiger partial charge in [-0.05, 0) is 25.9 Å². The Bertz CT molecular complexity index is 988. The van der Waals surface area contributed by atoms with Gasteiger partial charge in [0.1, 0.15) is 0 Å². The lowest BCUT2D eigenvalue weighted by molar-refractivity contribution is 0.338. The fourth-order valence-electron chi connectivity index (χ4n) is 3.11. The van der Waals surface area contributed by atoms with E-state index in [1.807, 2.05) is 30.3 Å². The molecule has 0 bridgehead atoms. The molecule has 0 spiro atoms. The lowest BCUT2D eigenvalue weighted by Crippen LogP contribution is -2.39. The van der Waals surface area contributed by atoms with E-state index in [4.69, 9.17) is 0 Å². The van der Waals surface area contributed by atoms with Crippen LogP contribution < -0.4 is 16.6 Å². The van der Waals surface area contributed by atoms with Gasteiger partial charge >= 0.3 is 5.69 Å². The number of rotatable bonds is 2. The summed E-state index contributed by atoms with van der Waals surface area (Å²) in [4.78, 5) is 33.1. The van der Waals surface area contributed by atoms with Crippen molar-refractivity contribution in [2.75, 3.05) is 13.1 Å². The summed E-state index contributed by atoms with van der Waals surface area (Å²) in [7, 11) is 1.41. The monoisotopic (exact) mass is 338 g/mol. The van der Waals surface area contributed by atoms with Crippen LogP contribution in [-0.2, 0) is 7.05 Å². The number of aromatic nitrogens is 5. The van der Waals surface area contributed by atoms with Gasteiger partial charge in [0.2, 0.25) is 0 Å². The topological polar surface area (TPSA) is 94.7 Å². The molecule has 128 valence electrons.